The molecule has 0 saturated carbocycles. The van der Waals surface area contributed by atoms with Gasteiger partial charge in [0.15, 0.2) is 11.5 Å². The number of hydrazine groups is 1. The van der Waals surface area contributed by atoms with Crippen LogP contribution in [0.2, 0.25) is 0 Å². The van der Waals surface area contributed by atoms with E-state index in [-0.39, 0.29) is 5.91 Å². The predicted molar refractivity (Wildman–Crippen MR) is 58.5 cm³/mol. The minimum atomic E-state index is -0.179. The molecule has 0 aliphatic carbocycles. The number of amides is 1. The molecule has 1 amide bonds. The number of methoxy groups -OCH3 is 2. The molecule has 0 spiro atoms. The highest BCUT2D eigenvalue weighted by atomic mass is 16.5. The highest BCUT2D eigenvalue weighted by Crippen LogP contribution is 2.32. The van der Waals surface area contributed by atoms with Crippen molar-refractivity contribution in [3.63, 3.8) is 0 Å². The fourth-order valence-corrected chi connectivity index (χ4v) is 1.82. The summed E-state index contributed by atoms with van der Waals surface area (Å²) in [5, 5.41) is 1.22. The Hall–Kier alpha value is -1.75. The minimum Gasteiger partial charge on any atom is -0.493 e. The lowest BCUT2D eigenvalue weighted by Gasteiger charge is -2.25. The molecular weight excluding hydrogens is 208 g/mol. The first-order valence-corrected chi connectivity index (χ1v) is 4.99. The topological polar surface area (TPSA) is 64.8 Å². The summed E-state index contributed by atoms with van der Waals surface area (Å²) < 4.78 is 10.3. The van der Waals surface area contributed by atoms with Crippen LogP contribution in [0.5, 0.6) is 11.5 Å². The van der Waals surface area contributed by atoms with Gasteiger partial charge >= 0.3 is 0 Å². The van der Waals surface area contributed by atoms with Gasteiger partial charge in [-0.3, -0.25) is 9.80 Å². The Labute approximate surface area is 93.7 Å². The van der Waals surface area contributed by atoms with E-state index in [0.29, 0.717) is 23.6 Å². The average Bonchev–Trinajstić information content (AvgIpc) is 2.32. The van der Waals surface area contributed by atoms with Crippen molar-refractivity contribution in [1.82, 2.24) is 5.01 Å². The number of hydrogen-bond acceptors (Lipinski definition) is 4. The van der Waals surface area contributed by atoms with E-state index in [9.17, 15) is 4.79 Å². The Balaban J connectivity index is 2.52. The zero-order chi connectivity index (χ0) is 11.7. The van der Waals surface area contributed by atoms with Crippen LogP contribution in [0.3, 0.4) is 0 Å². The van der Waals surface area contributed by atoms with E-state index >= 15 is 0 Å². The first kappa shape index (κ1) is 10.8. The second kappa shape index (κ2) is 4.02. The predicted octanol–water partition coefficient (Wildman–Crippen LogP) is 0.576. The summed E-state index contributed by atoms with van der Waals surface area (Å²) >= 11 is 0. The maximum absolute atomic E-state index is 11.8. The molecule has 0 saturated heterocycles. The van der Waals surface area contributed by atoms with Gasteiger partial charge in [0, 0.05) is 12.1 Å². The standard InChI is InChI=1S/C11H14N2O3/c1-15-9-5-7-3-4-13(12)11(14)8(7)6-10(9)16-2/h5-6H,3-4,12H2,1-2H3. The molecule has 0 unspecified atom stereocenters. The summed E-state index contributed by atoms with van der Waals surface area (Å²) in [5.41, 5.74) is 1.54. The van der Waals surface area contributed by atoms with Crippen molar-refractivity contribution in [3.05, 3.63) is 23.3 Å². The molecule has 86 valence electrons. The van der Waals surface area contributed by atoms with Gasteiger partial charge in [-0.05, 0) is 24.1 Å². The lowest BCUT2D eigenvalue weighted by Crippen LogP contribution is -2.42. The van der Waals surface area contributed by atoms with E-state index in [0.717, 1.165) is 12.0 Å². The zero-order valence-electron chi connectivity index (χ0n) is 9.32. The van der Waals surface area contributed by atoms with Crippen LogP contribution in [0.25, 0.3) is 0 Å². The van der Waals surface area contributed by atoms with Crippen LogP contribution < -0.4 is 15.3 Å². The summed E-state index contributed by atoms with van der Waals surface area (Å²) in [5.74, 6) is 6.57. The van der Waals surface area contributed by atoms with Gasteiger partial charge in [-0.2, -0.15) is 0 Å². The summed E-state index contributed by atoms with van der Waals surface area (Å²) in [6.45, 7) is 0.529. The van der Waals surface area contributed by atoms with Gasteiger partial charge in [0.25, 0.3) is 5.91 Å². The number of hydrogen-bond donors (Lipinski definition) is 1. The number of nitrogens with zero attached hydrogens (tertiary/aromatic N) is 1. The number of carbonyl (C=O) groups is 1. The van der Waals surface area contributed by atoms with Gasteiger partial charge in [-0.1, -0.05) is 0 Å². The fourth-order valence-electron chi connectivity index (χ4n) is 1.82. The lowest BCUT2D eigenvalue weighted by atomic mass is 9.99. The van der Waals surface area contributed by atoms with Gasteiger partial charge in [0.2, 0.25) is 0 Å². The molecule has 1 aromatic carbocycles. The molecule has 16 heavy (non-hydrogen) atoms. The van der Waals surface area contributed by atoms with Crippen LogP contribution in [0.15, 0.2) is 12.1 Å². The molecule has 0 fully saturated rings. The highest BCUT2D eigenvalue weighted by molar-refractivity contribution is 5.97. The zero-order valence-corrected chi connectivity index (χ0v) is 9.32. The van der Waals surface area contributed by atoms with Crippen LogP contribution in [-0.4, -0.2) is 31.7 Å². The van der Waals surface area contributed by atoms with E-state index in [1.807, 2.05) is 6.07 Å². The molecule has 1 aromatic rings. The highest BCUT2D eigenvalue weighted by Gasteiger charge is 2.24. The first-order valence-electron chi connectivity index (χ1n) is 4.99. The van der Waals surface area contributed by atoms with Crippen molar-refractivity contribution in [2.45, 2.75) is 6.42 Å². The van der Waals surface area contributed by atoms with Crippen LogP contribution >= 0.6 is 0 Å². The molecule has 0 aromatic heterocycles. The van der Waals surface area contributed by atoms with Crippen molar-refractivity contribution < 1.29 is 14.3 Å². The van der Waals surface area contributed by atoms with Crippen LogP contribution in [-0.2, 0) is 6.42 Å². The maximum Gasteiger partial charge on any atom is 0.268 e. The number of ether oxygens (including phenoxy) is 2. The monoisotopic (exact) mass is 222 g/mol. The number of benzene rings is 1. The summed E-state index contributed by atoms with van der Waals surface area (Å²) in [6.07, 6.45) is 0.734. The van der Waals surface area contributed by atoms with Crippen molar-refractivity contribution in [2.24, 2.45) is 5.84 Å². The summed E-state index contributed by atoms with van der Waals surface area (Å²) in [4.78, 5) is 11.8. The van der Waals surface area contributed by atoms with Crippen LogP contribution in [0.4, 0.5) is 0 Å². The molecule has 1 heterocycles. The molecule has 0 radical (unpaired) electrons. The van der Waals surface area contributed by atoms with E-state index in [2.05, 4.69) is 0 Å². The Morgan fingerprint density at radius 1 is 1.25 bits per heavy atom. The molecule has 2 rings (SSSR count). The maximum atomic E-state index is 11.8. The third-order valence-electron chi connectivity index (χ3n) is 2.72. The second-order valence-electron chi connectivity index (χ2n) is 3.61. The Morgan fingerprint density at radius 2 is 1.88 bits per heavy atom. The van der Waals surface area contributed by atoms with Crippen LogP contribution in [0, 0.1) is 0 Å². The SMILES string of the molecule is COc1cc2c(cc1OC)C(=O)N(N)CC2. The molecule has 1 aliphatic heterocycles. The van der Waals surface area contributed by atoms with Gasteiger partial charge in [-0.25, -0.2) is 5.84 Å². The third kappa shape index (κ3) is 1.59. The quantitative estimate of drug-likeness (QED) is 0.587. The molecule has 0 atom stereocenters. The van der Waals surface area contributed by atoms with Crippen LogP contribution in [0.1, 0.15) is 15.9 Å². The second-order valence-corrected chi connectivity index (χ2v) is 3.61. The van der Waals surface area contributed by atoms with E-state index in [1.165, 1.54) is 12.1 Å². The number of carbonyl (C=O) groups excluding carboxylic acids is 1. The molecule has 5 heteroatoms. The van der Waals surface area contributed by atoms with Crippen molar-refractivity contribution in [2.75, 3.05) is 20.8 Å². The largest absolute Gasteiger partial charge is 0.493 e. The number of rotatable bonds is 2. The van der Waals surface area contributed by atoms with E-state index in [1.54, 1.807) is 13.2 Å². The fraction of sp³-hybridized carbons (Fsp3) is 0.364. The van der Waals surface area contributed by atoms with Gasteiger partial charge in [0.05, 0.1) is 14.2 Å². The molecular formula is C11H14N2O3. The Kier molecular flexibility index (Phi) is 2.70. The Morgan fingerprint density at radius 3 is 2.50 bits per heavy atom. The lowest BCUT2D eigenvalue weighted by molar-refractivity contribution is 0.0739. The first-order chi connectivity index (χ1) is 7.67. The van der Waals surface area contributed by atoms with Gasteiger partial charge < -0.3 is 9.47 Å². The molecule has 0 bridgehead atoms. The van der Waals surface area contributed by atoms with E-state index in [4.69, 9.17) is 15.3 Å². The van der Waals surface area contributed by atoms with Crippen molar-refractivity contribution in [3.8, 4) is 11.5 Å². The smallest absolute Gasteiger partial charge is 0.268 e. The summed E-state index contributed by atoms with van der Waals surface area (Å²) in [7, 11) is 3.11. The normalized spacial score (nSPS) is 14.7. The van der Waals surface area contributed by atoms with Gasteiger partial charge in [-0.15, -0.1) is 0 Å². The van der Waals surface area contributed by atoms with E-state index < -0.39 is 0 Å². The average molecular weight is 222 g/mol. The summed E-state index contributed by atoms with van der Waals surface area (Å²) in [6, 6.07) is 3.51. The molecule has 1 aliphatic rings. The number of nitrogens with two attached hydrogens (primary N) is 1. The molecule has 2 N–H and O–H groups in total. The van der Waals surface area contributed by atoms with Crippen molar-refractivity contribution >= 4 is 5.91 Å². The minimum absolute atomic E-state index is 0.179. The molecule has 5 nitrogen and oxygen atoms in total. The van der Waals surface area contributed by atoms with Gasteiger partial charge in [0.1, 0.15) is 0 Å². The third-order valence-corrected chi connectivity index (χ3v) is 2.72. The van der Waals surface area contributed by atoms with Crippen molar-refractivity contribution in [1.29, 1.82) is 0 Å². The Bertz CT molecular complexity index is 431. The number of fused-ring (bicyclic) bond motifs is 1.